The Morgan fingerprint density at radius 1 is 1.59 bits per heavy atom. The van der Waals surface area contributed by atoms with E-state index in [0.29, 0.717) is 24.3 Å². The highest BCUT2D eigenvalue weighted by Gasteiger charge is 2.09. The number of carbonyl (C=O) groups is 1. The molecule has 0 spiro atoms. The third kappa shape index (κ3) is 3.76. The number of carboxylic acids is 1. The van der Waals surface area contributed by atoms with E-state index >= 15 is 0 Å². The van der Waals surface area contributed by atoms with Crippen molar-refractivity contribution in [2.75, 3.05) is 18.5 Å². The molecule has 0 amide bonds. The Labute approximate surface area is 100 Å². The molecule has 5 heteroatoms. The molecule has 0 aliphatic heterocycles. The molecule has 0 saturated carbocycles. The van der Waals surface area contributed by atoms with Crippen LogP contribution in [0.5, 0.6) is 0 Å². The number of aliphatic carboxylic acids is 1. The molecule has 1 rings (SSSR count). The summed E-state index contributed by atoms with van der Waals surface area (Å²) in [6.45, 7) is 2.42. The Kier molecular flexibility index (Phi) is 4.46. The molecule has 1 N–H and O–H groups in total. The van der Waals surface area contributed by atoms with Gasteiger partial charge in [-0.3, -0.25) is 4.79 Å². The van der Waals surface area contributed by atoms with Gasteiger partial charge >= 0.3 is 5.97 Å². The molecule has 0 aromatic carbocycles. The maximum absolute atomic E-state index is 10.4. The minimum atomic E-state index is -0.809. The Hall–Kier alpha value is -2.09. The van der Waals surface area contributed by atoms with Gasteiger partial charge in [0.25, 0.3) is 0 Å². The van der Waals surface area contributed by atoms with Crippen LogP contribution < -0.4 is 4.90 Å². The third-order valence-electron chi connectivity index (χ3n) is 2.38. The second-order valence-electron chi connectivity index (χ2n) is 3.85. The highest BCUT2D eigenvalue weighted by molar-refractivity contribution is 5.66. The Bertz CT molecular complexity index is 452. The van der Waals surface area contributed by atoms with Crippen molar-refractivity contribution in [3.63, 3.8) is 0 Å². The number of hydrogen-bond donors (Lipinski definition) is 1. The van der Waals surface area contributed by atoms with Gasteiger partial charge in [0.15, 0.2) is 0 Å². The van der Waals surface area contributed by atoms with Crippen molar-refractivity contribution >= 4 is 11.8 Å². The molecule has 1 heterocycles. The van der Waals surface area contributed by atoms with Crippen LogP contribution >= 0.6 is 0 Å². The molecule has 0 unspecified atom stereocenters. The van der Waals surface area contributed by atoms with E-state index in [4.69, 9.17) is 10.4 Å². The fourth-order valence-corrected chi connectivity index (χ4v) is 1.49. The first-order chi connectivity index (χ1) is 8.04. The summed E-state index contributed by atoms with van der Waals surface area (Å²) >= 11 is 0. The van der Waals surface area contributed by atoms with Crippen LogP contribution in [-0.2, 0) is 4.79 Å². The Morgan fingerprint density at radius 2 is 2.29 bits per heavy atom. The van der Waals surface area contributed by atoms with Gasteiger partial charge in [0.05, 0.1) is 5.56 Å². The van der Waals surface area contributed by atoms with Crippen molar-refractivity contribution < 1.29 is 9.90 Å². The molecule has 0 saturated heterocycles. The number of nitrogens with zero attached hydrogens (tertiary/aromatic N) is 3. The fourth-order valence-electron chi connectivity index (χ4n) is 1.49. The topological polar surface area (TPSA) is 77.2 Å². The summed E-state index contributed by atoms with van der Waals surface area (Å²) in [5.41, 5.74) is 1.34. The van der Waals surface area contributed by atoms with Crippen LogP contribution in [0.1, 0.15) is 24.1 Å². The molecule has 90 valence electrons. The van der Waals surface area contributed by atoms with E-state index in [1.807, 2.05) is 18.9 Å². The summed E-state index contributed by atoms with van der Waals surface area (Å²) in [6, 6.07) is 5.59. The van der Waals surface area contributed by atoms with Crippen molar-refractivity contribution in [1.82, 2.24) is 4.98 Å². The number of carboxylic acid groups (broad SMARTS) is 1. The van der Waals surface area contributed by atoms with Crippen molar-refractivity contribution in [1.29, 1.82) is 5.26 Å². The highest BCUT2D eigenvalue weighted by atomic mass is 16.4. The van der Waals surface area contributed by atoms with E-state index in [-0.39, 0.29) is 6.42 Å². The molecular formula is C12H15N3O2. The van der Waals surface area contributed by atoms with Crippen LogP contribution in [-0.4, -0.2) is 29.7 Å². The molecule has 5 nitrogen and oxygen atoms in total. The lowest BCUT2D eigenvalue weighted by atomic mass is 10.2. The zero-order chi connectivity index (χ0) is 12.8. The van der Waals surface area contributed by atoms with Crippen LogP contribution in [0.25, 0.3) is 0 Å². The number of nitriles is 1. The molecule has 0 radical (unpaired) electrons. The molecular weight excluding hydrogens is 218 g/mol. The van der Waals surface area contributed by atoms with E-state index < -0.39 is 5.97 Å². The van der Waals surface area contributed by atoms with Gasteiger partial charge in [-0.15, -0.1) is 0 Å². The second-order valence-corrected chi connectivity index (χ2v) is 3.85. The fraction of sp³-hybridized carbons (Fsp3) is 0.417. The average molecular weight is 233 g/mol. The maximum atomic E-state index is 10.4. The molecule has 1 aromatic heterocycles. The number of hydrogen-bond acceptors (Lipinski definition) is 4. The SMILES string of the molecule is Cc1ccc(C#N)c(N(C)CCCC(=O)O)n1. The van der Waals surface area contributed by atoms with Crippen molar-refractivity contribution in [2.24, 2.45) is 0 Å². The van der Waals surface area contributed by atoms with Crippen LogP contribution in [0.15, 0.2) is 12.1 Å². The van der Waals surface area contributed by atoms with E-state index in [2.05, 4.69) is 11.1 Å². The molecule has 17 heavy (non-hydrogen) atoms. The average Bonchev–Trinajstić information content (AvgIpc) is 2.28. The molecule has 0 fully saturated rings. The van der Waals surface area contributed by atoms with Crippen LogP contribution in [0, 0.1) is 18.3 Å². The van der Waals surface area contributed by atoms with E-state index in [9.17, 15) is 4.79 Å². The van der Waals surface area contributed by atoms with Crippen molar-refractivity contribution in [3.8, 4) is 6.07 Å². The summed E-state index contributed by atoms with van der Waals surface area (Å²) < 4.78 is 0. The number of pyridine rings is 1. The van der Waals surface area contributed by atoms with Gasteiger partial charge in [-0.05, 0) is 25.5 Å². The predicted molar refractivity (Wildman–Crippen MR) is 63.8 cm³/mol. The first-order valence-electron chi connectivity index (χ1n) is 5.35. The summed E-state index contributed by atoms with van der Waals surface area (Å²) in [5.74, 6) is -0.200. The summed E-state index contributed by atoms with van der Waals surface area (Å²) in [6.07, 6.45) is 0.657. The summed E-state index contributed by atoms with van der Waals surface area (Å²) in [7, 11) is 1.81. The first-order valence-corrected chi connectivity index (χ1v) is 5.35. The molecule has 0 aliphatic rings. The lowest BCUT2D eigenvalue weighted by molar-refractivity contribution is -0.137. The Morgan fingerprint density at radius 3 is 2.88 bits per heavy atom. The largest absolute Gasteiger partial charge is 0.481 e. The minimum Gasteiger partial charge on any atom is -0.481 e. The normalized spacial score (nSPS) is 9.71. The first kappa shape index (κ1) is 13.0. The number of anilines is 1. The molecule has 0 atom stereocenters. The van der Waals surface area contributed by atoms with Gasteiger partial charge in [-0.1, -0.05) is 0 Å². The predicted octanol–water partition coefficient (Wildman–Crippen LogP) is 1.56. The van der Waals surface area contributed by atoms with Gasteiger partial charge in [-0.25, -0.2) is 4.98 Å². The zero-order valence-corrected chi connectivity index (χ0v) is 9.97. The van der Waals surface area contributed by atoms with Crippen LogP contribution in [0.2, 0.25) is 0 Å². The lowest BCUT2D eigenvalue weighted by Crippen LogP contribution is -2.21. The van der Waals surface area contributed by atoms with Crippen LogP contribution in [0.4, 0.5) is 5.82 Å². The van der Waals surface area contributed by atoms with Gasteiger partial charge < -0.3 is 10.0 Å². The monoisotopic (exact) mass is 233 g/mol. The minimum absolute atomic E-state index is 0.123. The maximum Gasteiger partial charge on any atom is 0.303 e. The van der Waals surface area contributed by atoms with Crippen molar-refractivity contribution in [2.45, 2.75) is 19.8 Å². The second kappa shape index (κ2) is 5.85. The van der Waals surface area contributed by atoms with Gasteiger partial charge in [0.1, 0.15) is 11.9 Å². The highest BCUT2D eigenvalue weighted by Crippen LogP contribution is 2.16. The standard InChI is InChI=1S/C12H15N3O2/c1-9-5-6-10(8-13)12(14-9)15(2)7-3-4-11(16)17/h5-6H,3-4,7H2,1-2H3,(H,16,17). The van der Waals surface area contributed by atoms with Gasteiger partial charge in [0, 0.05) is 25.7 Å². The van der Waals surface area contributed by atoms with E-state index in [1.165, 1.54) is 0 Å². The quantitative estimate of drug-likeness (QED) is 0.835. The van der Waals surface area contributed by atoms with Crippen LogP contribution in [0.3, 0.4) is 0 Å². The van der Waals surface area contributed by atoms with E-state index in [0.717, 1.165) is 5.69 Å². The smallest absolute Gasteiger partial charge is 0.303 e. The third-order valence-corrected chi connectivity index (χ3v) is 2.38. The number of aromatic nitrogens is 1. The lowest BCUT2D eigenvalue weighted by Gasteiger charge is -2.19. The Balaban J connectivity index is 2.74. The van der Waals surface area contributed by atoms with Gasteiger partial charge in [0.2, 0.25) is 0 Å². The van der Waals surface area contributed by atoms with Gasteiger partial charge in [-0.2, -0.15) is 5.26 Å². The molecule has 1 aromatic rings. The molecule has 0 aliphatic carbocycles. The van der Waals surface area contributed by atoms with E-state index in [1.54, 1.807) is 12.1 Å². The molecule has 0 bridgehead atoms. The number of aryl methyl sites for hydroxylation is 1. The summed E-state index contributed by atoms with van der Waals surface area (Å²) in [4.78, 5) is 16.5. The van der Waals surface area contributed by atoms with Crippen molar-refractivity contribution in [3.05, 3.63) is 23.4 Å². The summed E-state index contributed by atoms with van der Waals surface area (Å²) in [5, 5.41) is 17.5. The number of rotatable bonds is 5. The zero-order valence-electron chi connectivity index (χ0n) is 9.97.